The van der Waals surface area contributed by atoms with E-state index >= 15 is 0 Å². The lowest BCUT2D eigenvalue weighted by molar-refractivity contribution is -0.136. The van der Waals surface area contributed by atoms with E-state index in [1.54, 1.807) is 12.1 Å². The highest BCUT2D eigenvalue weighted by molar-refractivity contribution is 6.41. The standard InChI is InChI=1S/C17H18ClN3O2/c1-3-12-6-8-13(9-7-12)11(2)20-16(22)17(23)21-14-5-4-10-19-15(14)18/h4-11H,3H2,1-2H3,(H,20,22)(H,21,23). The molecule has 6 heteroatoms. The van der Waals surface area contributed by atoms with Crippen molar-refractivity contribution in [1.82, 2.24) is 10.3 Å². The minimum atomic E-state index is -0.781. The number of carbonyl (C=O) groups is 2. The Morgan fingerprint density at radius 3 is 2.48 bits per heavy atom. The number of nitrogens with one attached hydrogen (secondary N) is 2. The fraction of sp³-hybridized carbons (Fsp3) is 0.235. The summed E-state index contributed by atoms with van der Waals surface area (Å²) in [5.41, 5.74) is 2.45. The van der Waals surface area contributed by atoms with Crippen LogP contribution in [0.3, 0.4) is 0 Å². The normalized spacial score (nSPS) is 11.6. The van der Waals surface area contributed by atoms with Crippen LogP contribution in [-0.2, 0) is 16.0 Å². The van der Waals surface area contributed by atoms with E-state index in [1.807, 2.05) is 31.2 Å². The number of carbonyl (C=O) groups excluding carboxylic acids is 2. The Hall–Kier alpha value is -2.40. The molecule has 0 spiro atoms. The lowest BCUT2D eigenvalue weighted by Gasteiger charge is -2.14. The van der Waals surface area contributed by atoms with Gasteiger partial charge in [0.2, 0.25) is 0 Å². The largest absolute Gasteiger partial charge is 0.341 e. The summed E-state index contributed by atoms with van der Waals surface area (Å²) in [6.07, 6.45) is 2.45. The molecule has 1 aromatic heterocycles. The van der Waals surface area contributed by atoms with Gasteiger partial charge in [0.05, 0.1) is 11.7 Å². The van der Waals surface area contributed by atoms with Crippen molar-refractivity contribution in [2.45, 2.75) is 26.3 Å². The number of amides is 2. The van der Waals surface area contributed by atoms with E-state index in [1.165, 1.54) is 11.8 Å². The molecular weight excluding hydrogens is 314 g/mol. The molecule has 120 valence electrons. The number of pyridine rings is 1. The number of anilines is 1. The molecule has 0 aliphatic heterocycles. The number of benzene rings is 1. The number of rotatable bonds is 4. The molecule has 5 nitrogen and oxygen atoms in total. The molecule has 1 unspecified atom stereocenters. The number of halogens is 1. The van der Waals surface area contributed by atoms with Crippen LogP contribution in [0, 0.1) is 0 Å². The summed E-state index contributed by atoms with van der Waals surface area (Å²) in [6.45, 7) is 3.90. The molecule has 0 bridgehead atoms. The molecular formula is C17H18ClN3O2. The van der Waals surface area contributed by atoms with E-state index < -0.39 is 11.8 Å². The third-order valence-electron chi connectivity index (χ3n) is 3.45. The van der Waals surface area contributed by atoms with Gasteiger partial charge in [-0.2, -0.15) is 0 Å². The molecule has 0 saturated heterocycles. The molecule has 0 aliphatic carbocycles. The van der Waals surface area contributed by atoms with Crippen LogP contribution in [-0.4, -0.2) is 16.8 Å². The van der Waals surface area contributed by atoms with Gasteiger partial charge in [-0.3, -0.25) is 9.59 Å². The molecule has 0 fully saturated rings. The third kappa shape index (κ3) is 4.53. The summed E-state index contributed by atoms with van der Waals surface area (Å²) in [6, 6.07) is 10.8. The maximum absolute atomic E-state index is 12.0. The molecule has 2 rings (SSSR count). The number of nitrogens with zero attached hydrogens (tertiary/aromatic N) is 1. The summed E-state index contributed by atoms with van der Waals surface area (Å²) in [4.78, 5) is 27.7. The van der Waals surface area contributed by atoms with Gasteiger partial charge in [-0.25, -0.2) is 4.98 Å². The maximum atomic E-state index is 12.0. The van der Waals surface area contributed by atoms with Crippen molar-refractivity contribution in [3.05, 3.63) is 58.9 Å². The van der Waals surface area contributed by atoms with Crippen LogP contribution in [0.1, 0.15) is 31.0 Å². The second kappa shape index (κ2) is 7.74. The summed E-state index contributed by atoms with van der Waals surface area (Å²) in [7, 11) is 0. The monoisotopic (exact) mass is 331 g/mol. The van der Waals surface area contributed by atoms with E-state index in [4.69, 9.17) is 11.6 Å². The first-order valence-corrected chi connectivity index (χ1v) is 7.70. The fourth-order valence-electron chi connectivity index (χ4n) is 2.05. The summed E-state index contributed by atoms with van der Waals surface area (Å²) in [5, 5.41) is 5.23. The molecule has 23 heavy (non-hydrogen) atoms. The predicted molar refractivity (Wildman–Crippen MR) is 90.3 cm³/mol. The second-order valence-electron chi connectivity index (χ2n) is 5.09. The van der Waals surface area contributed by atoms with Crippen LogP contribution >= 0.6 is 11.6 Å². The van der Waals surface area contributed by atoms with Gasteiger partial charge < -0.3 is 10.6 Å². The van der Waals surface area contributed by atoms with Gasteiger partial charge in [-0.15, -0.1) is 0 Å². The zero-order valence-electron chi connectivity index (χ0n) is 13.0. The van der Waals surface area contributed by atoms with Crippen LogP contribution in [0.4, 0.5) is 5.69 Å². The van der Waals surface area contributed by atoms with Gasteiger partial charge in [-0.1, -0.05) is 42.8 Å². The number of hydrogen-bond acceptors (Lipinski definition) is 3. The predicted octanol–water partition coefficient (Wildman–Crippen LogP) is 3.11. The van der Waals surface area contributed by atoms with E-state index in [-0.39, 0.29) is 11.2 Å². The Bertz CT molecular complexity index is 701. The van der Waals surface area contributed by atoms with Crippen molar-refractivity contribution in [3.8, 4) is 0 Å². The van der Waals surface area contributed by atoms with Gasteiger partial charge >= 0.3 is 11.8 Å². The Labute approximate surface area is 140 Å². The first-order valence-electron chi connectivity index (χ1n) is 7.32. The van der Waals surface area contributed by atoms with Crippen LogP contribution in [0.2, 0.25) is 5.15 Å². The molecule has 2 amide bonds. The van der Waals surface area contributed by atoms with Crippen LogP contribution in [0.15, 0.2) is 42.6 Å². The van der Waals surface area contributed by atoms with Crippen LogP contribution in [0.5, 0.6) is 0 Å². The van der Waals surface area contributed by atoms with Crippen molar-refractivity contribution in [3.63, 3.8) is 0 Å². The Morgan fingerprint density at radius 2 is 1.87 bits per heavy atom. The zero-order valence-corrected chi connectivity index (χ0v) is 13.7. The molecule has 0 radical (unpaired) electrons. The van der Waals surface area contributed by atoms with E-state index in [9.17, 15) is 9.59 Å². The van der Waals surface area contributed by atoms with E-state index in [0.29, 0.717) is 5.69 Å². The average Bonchev–Trinajstić information content (AvgIpc) is 2.56. The summed E-state index contributed by atoms with van der Waals surface area (Å²) >= 11 is 5.85. The average molecular weight is 332 g/mol. The third-order valence-corrected chi connectivity index (χ3v) is 3.75. The van der Waals surface area contributed by atoms with Crippen LogP contribution in [0.25, 0.3) is 0 Å². The lowest BCUT2D eigenvalue weighted by Crippen LogP contribution is -2.37. The molecule has 1 aromatic carbocycles. The Morgan fingerprint density at radius 1 is 1.17 bits per heavy atom. The first kappa shape index (κ1) is 17.0. The van der Waals surface area contributed by atoms with Gasteiger partial charge in [0.15, 0.2) is 5.15 Å². The Kier molecular flexibility index (Phi) is 5.71. The van der Waals surface area contributed by atoms with Gasteiger partial charge in [0.25, 0.3) is 0 Å². The zero-order chi connectivity index (χ0) is 16.8. The highest BCUT2D eigenvalue weighted by Gasteiger charge is 2.18. The molecule has 1 atom stereocenters. The lowest BCUT2D eigenvalue weighted by atomic mass is 10.1. The molecule has 2 aromatic rings. The van der Waals surface area contributed by atoms with Crippen molar-refractivity contribution in [2.75, 3.05) is 5.32 Å². The van der Waals surface area contributed by atoms with Gasteiger partial charge in [0.1, 0.15) is 0 Å². The van der Waals surface area contributed by atoms with Gasteiger partial charge in [0, 0.05) is 6.20 Å². The highest BCUT2D eigenvalue weighted by Crippen LogP contribution is 2.17. The number of aromatic nitrogens is 1. The van der Waals surface area contributed by atoms with Crippen molar-refractivity contribution >= 4 is 29.1 Å². The topological polar surface area (TPSA) is 71.1 Å². The fourth-order valence-corrected chi connectivity index (χ4v) is 2.21. The molecule has 0 saturated carbocycles. The quantitative estimate of drug-likeness (QED) is 0.668. The minimum Gasteiger partial charge on any atom is -0.341 e. The minimum absolute atomic E-state index is 0.136. The smallest absolute Gasteiger partial charge is 0.313 e. The number of hydrogen-bond donors (Lipinski definition) is 2. The maximum Gasteiger partial charge on any atom is 0.313 e. The van der Waals surface area contributed by atoms with E-state index in [2.05, 4.69) is 22.5 Å². The van der Waals surface area contributed by atoms with Crippen molar-refractivity contribution in [2.24, 2.45) is 0 Å². The first-order chi connectivity index (χ1) is 11.0. The second-order valence-corrected chi connectivity index (χ2v) is 5.44. The van der Waals surface area contributed by atoms with Crippen molar-refractivity contribution < 1.29 is 9.59 Å². The molecule has 0 aliphatic rings. The van der Waals surface area contributed by atoms with Crippen LogP contribution < -0.4 is 10.6 Å². The van der Waals surface area contributed by atoms with E-state index in [0.717, 1.165) is 12.0 Å². The number of aryl methyl sites for hydroxylation is 1. The highest BCUT2D eigenvalue weighted by atomic mass is 35.5. The van der Waals surface area contributed by atoms with Crippen molar-refractivity contribution in [1.29, 1.82) is 0 Å². The Balaban J connectivity index is 1.97. The van der Waals surface area contributed by atoms with Gasteiger partial charge in [-0.05, 0) is 36.6 Å². The molecule has 1 heterocycles. The molecule has 2 N–H and O–H groups in total. The SMILES string of the molecule is CCc1ccc(C(C)NC(=O)C(=O)Nc2cccnc2Cl)cc1. The summed E-state index contributed by atoms with van der Waals surface area (Å²) in [5.74, 6) is -1.51. The summed E-state index contributed by atoms with van der Waals surface area (Å²) < 4.78 is 0.